The summed E-state index contributed by atoms with van der Waals surface area (Å²) in [6.45, 7) is 1.46. The van der Waals surface area contributed by atoms with E-state index in [9.17, 15) is 13.9 Å². The highest BCUT2D eigenvalue weighted by Gasteiger charge is 2.16. The molecular weight excluding hydrogens is 232 g/mol. The monoisotopic (exact) mass is 241 g/mol. The molecule has 0 aliphatic carbocycles. The molecule has 0 amide bonds. The van der Waals surface area contributed by atoms with Gasteiger partial charge in [-0.15, -0.1) is 11.3 Å². The van der Waals surface area contributed by atoms with Crippen molar-refractivity contribution in [1.29, 1.82) is 0 Å². The number of thiazole rings is 1. The van der Waals surface area contributed by atoms with Gasteiger partial charge in [0.25, 0.3) is 0 Å². The third-order valence-electron chi connectivity index (χ3n) is 2.19. The summed E-state index contributed by atoms with van der Waals surface area (Å²) in [6, 6.07) is 2.26. The van der Waals surface area contributed by atoms with Crippen LogP contribution in [0.2, 0.25) is 0 Å². The van der Waals surface area contributed by atoms with E-state index in [1.54, 1.807) is 5.38 Å². The van der Waals surface area contributed by atoms with E-state index in [4.69, 9.17) is 0 Å². The van der Waals surface area contributed by atoms with E-state index < -0.39 is 17.7 Å². The van der Waals surface area contributed by atoms with Gasteiger partial charge in [-0.2, -0.15) is 0 Å². The predicted octanol–water partition coefficient (Wildman–Crippen LogP) is 3.14. The number of rotatable bonds is 2. The molecule has 0 unspecified atom stereocenters. The molecule has 2 nitrogen and oxygen atoms in total. The normalized spacial score (nSPS) is 12.8. The first-order valence-corrected chi connectivity index (χ1v) is 5.54. The van der Waals surface area contributed by atoms with Gasteiger partial charge in [0.2, 0.25) is 0 Å². The summed E-state index contributed by atoms with van der Waals surface area (Å²) >= 11 is 1.16. The van der Waals surface area contributed by atoms with Crippen LogP contribution in [0.5, 0.6) is 0 Å². The molecule has 2 aromatic rings. The summed E-state index contributed by atoms with van der Waals surface area (Å²) in [5.41, 5.74) is 0.0784. The van der Waals surface area contributed by atoms with E-state index in [2.05, 4.69) is 4.98 Å². The number of aromatic nitrogens is 1. The Morgan fingerprint density at radius 1 is 1.31 bits per heavy atom. The Morgan fingerprint density at radius 3 is 2.38 bits per heavy atom. The lowest BCUT2D eigenvalue weighted by Gasteiger charge is -2.08. The van der Waals surface area contributed by atoms with Gasteiger partial charge in [-0.05, 0) is 24.6 Å². The summed E-state index contributed by atoms with van der Waals surface area (Å²) in [7, 11) is 0. The minimum absolute atomic E-state index is 0.139. The maximum Gasteiger partial charge on any atom is 0.136 e. The molecule has 1 aromatic heterocycles. The second-order valence-electron chi connectivity index (χ2n) is 3.37. The van der Waals surface area contributed by atoms with Crippen molar-refractivity contribution in [2.75, 3.05) is 0 Å². The highest BCUT2D eigenvalue weighted by molar-refractivity contribution is 7.13. The van der Waals surface area contributed by atoms with E-state index >= 15 is 0 Å². The van der Waals surface area contributed by atoms with Gasteiger partial charge in [-0.25, -0.2) is 13.8 Å². The fourth-order valence-corrected chi connectivity index (χ4v) is 2.07. The fourth-order valence-electron chi connectivity index (χ4n) is 1.39. The van der Waals surface area contributed by atoms with Gasteiger partial charge < -0.3 is 5.11 Å². The summed E-state index contributed by atoms with van der Waals surface area (Å²) in [5.74, 6) is -1.41. The Labute approximate surface area is 95.2 Å². The van der Waals surface area contributed by atoms with Gasteiger partial charge in [0.05, 0.1) is 11.7 Å². The first-order chi connectivity index (χ1) is 7.59. The minimum Gasteiger partial charge on any atom is -0.389 e. The van der Waals surface area contributed by atoms with Crippen LogP contribution in [0.25, 0.3) is 10.6 Å². The minimum atomic E-state index is -0.894. The molecule has 1 atom stereocenters. The van der Waals surface area contributed by atoms with Crippen molar-refractivity contribution in [3.63, 3.8) is 0 Å². The molecule has 1 aromatic carbocycles. The largest absolute Gasteiger partial charge is 0.389 e. The Hall–Kier alpha value is -1.33. The van der Waals surface area contributed by atoms with Crippen LogP contribution in [0.1, 0.15) is 18.6 Å². The SMILES string of the molecule is C[C@H](O)c1cc(F)c(-c2nccs2)c(F)c1. The highest BCUT2D eigenvalue weighted by Crippen LogP contribution is 2.30. The number of hydrogen-bond donors (Lipinski definition) is 1. The molecule has 0 saturated carbocycles. The second-order valence-corrected chi connectivity index (χ2v) is 4.27. The van der Waals surface area contributed by atoms with Gasteiger partial charge in [-0.3, -0.25) is 0 Å². The van der Waals surface area contributed by atoms with Crippen molar-refractivity contribution in [3.05, 3.63) is 40.9 Å². The van der Waals surface area contributed by atoms with Crippen molar-refractivity contribution in [2.24, 2.45) is 0 Å². The van der Waals surface area contributed by atoms with Crippen LogP contribution in [0.15, 0.2) is 23.7 Å². The molecule has 0 saturated heterocycles. The maximum atomic E-state index is 13.7. The second kappa shape index (κ2) is 4.27. The molecule has 0 aliphatic rings. The molecule has 2 rings (SSSR count). The van der Waals surface area contributed by atoms with E-state index in [0.717, 1.165) is 23.5 Å². The molecule has 0 bridgehead atoms. The average Bonchev–Trinajstić information content (AvgIpc) is 2.69. The lowest BCUT2D eigenvalue weighted by atomic mass is 10.1. The third-order valence-corrected chi connectivity index (χ3v) is 2.98. The molecule has 16 heavy (non-hydrogen) atoms. The average molecular weight is 241 g/mol. The van der Waals surface area contributed by atoms with Crippen molar-refractivity contribution < 1.29 is 13.9 Å². The molecule has 0 fully saturated rings. The smallest absolute Gasteiger partial charge is 0.136 e. The zero-order chi connectivity index (χ0) is 11.7. The zero-order valence-electron chi connectivity index (χ0n) is 8.45. The van der Waals surface area contributed by atoms with Crippen LogP contribution in [0.4, 0.5) is 8.78 Å². The van der Waals surface area contributed by atoms with E-state index in [1.807, 2.05) is 0 Å². The molecule has 0 radical (unpaired) electrons. The Kier molecular flexibility index (Phi) is 2.98. The summed E-state index contributed by atoms with van der Waals surface area (Å²) < 4.78 is 27.3. The van der Waals surface area contributed by atoms with Crippen molar-refractivity contribution >= 4 is 11.3 Å². The zero-order valence-corrected chi connectivity index (χ0v) is 9.26. The Balaban J connectivity index is 2.56. The fraction of sp³-hybridized carbons (Fsp3) is 0.182. The summed E-state index contributed by atoms with van der Waals surface area (Å²) in [6.07, 6.45) is 0.593. The topological polar surface area (TPSA) is 33.1 Å². The highest BCUT2D eigenvalue weighted by atomic mass is 32.1. The standard InChI is InChI=1S/C11H9F2NOS/c1-6(15)7-4-8(12)10(9(13)5-7)11-14-2-3-16-11/h2-6,15H,1H3/t6-/m0/s1. The lowest BCUT2D eigenvalue weighted by Crippen LogP contribution is -1.97. The van der Waals surface area contributed by atoms with E-state index in [0.29, 0.717) is 5.01 Å². The van der Waals surface area contributed by atoms with Crippen LogP contribution in [0.3, 0.4) is 0 Å². The Bertz CT molecular complexity index is 474. The number of aliphatic hydroxyl groups excluding tert-OH is 1. The molecule has 84 valence electrons. The van der Waals surface area contributed by atoms with Gasteiger partial charge in [0.15, 0.2) is 0 Å². The summed E-state index contributed by atoms with van der Waals surface area (Å²) in [4.78, 5) is 3.86. The van der Waals surface area contributed by atoms with E-state index in [1.165, 1.54) is 13.1 Å². The van der Waals surface area contributed by atoms with Gasteiger partial charge in [0.1, 0.15) is 16.6 Å². The van der Waals surface area contributed by atoms with Crippen molar-refractivity contribution in [3.8, 4) is 10.6 Å². The van der Waals surface area contributed by atoms with Crippen molar-refractivity contribution in [1.82, 2.24) is 4.98 Å². The van der Waals surface area contributed by atoms with Crippen molar-refractivity contribution in [2.45, 2.75) is 13.0 Å². The van der Waals surface area contributed by atoms with Crippen LogP contribution >= 0.6 is 11.3 Å². The van der Waals surface area contributed by atoms with Gasteiger partial charge in [-0.1, -0.05) is 0 Å². The molecule has 0 aliphatic heterocycles. The third kappa shape index (κ3) is 1.96. The Morgan fingerprint density at radius 2 is 1.94 bits per heavy atom. The molecular formula is C11H9F2NOS. The van der Waals surface area contributed by atoms with Crippen LogP contribution in [-0.2, 0) is 0 Å². The van der Waals surface area contributed by atoms with Crippen LogP contribution in [-0.4, -0.2) is 10.1 Å². The quantitative estimate of drug-likeness (QED) is 0.876. The summed E-state index contributed by atoms with van der Waals surface area (Å²) in [5, 5.41) is 11.2. The van der Waals surface area contributed by atoms with Gasteiger partial charge >= 0.3 is 0 Å². The van der Waals surface area contributed by atoms with E-state index in [-0.39, 0.29) is 11.1 Å². The molecule has 0 spiro atoms. The first-order valence-electron chi connectivity index (χ1n) is 4.66. The maximum absolute atomic E-state index is 13.7. The number of hydrogen-bond acceptors (Lipinski definition) is 3. The number of halogens is 2. The van der Waals surface area contributed by atoms with Crippen LogP contribution in [0, 0.1) is 11.6 Å². The number of benzene rings is 1. The molecule has 5 heteroatoms. The first kappa shape index (κ1) is 11.2. The molecule has 1 heterocycles. The molecule has 1 N–H and O–H groups in total. The number of aliphatic hydroxyl groups is 1. The predicted molar refractivity (Wildman–Crippen MR) is 58.1 cm³/mol. The van der Waals surface area contributed by atoms with Crippen LogP contribution < -0.4 is 0 Å². The lowest BCUT2D eigenvalue weighted by molar-refractivity contribution is 0.198. The van der Waals surface area contributed by atoms with Gasteiger partial charge in [0, 0.05) is 11.6 Å². The number of nitrogens with zero attached hydrogens (tertiary/aromatic N) is 1.